The number of nitrogens with zero attached hydrogens (tertiary/aromatic N) is 1. The third-order valence-corrected chi connectivity index (χ3v) is 5.52. The number of rotatable bonds is 4. The van der Waals surface area contributed by atoms with Gasteiger partial charge in [0.15, 0.2) is 0 Å². The molecule has 148 valence electrons. The monoisotopic (exact) mass is 447 g/mol. The van der Waals surface area contributed by atoms with Crippen molar-refractivity contribution in [2.24, 2.45) is 5.92 Å². The van der Waals surface area contributed by atoms with Gasteiger partial charge in [-0.2, -0.15) is 0 Å². The number of amides is 3. The highest BCUT2D eigenvalue weighted by atomic mass is 79.9. The molecule has 0 spiro atoms. The van der Waals surface area contributed by atoms with E-state index in [1.807, 2.05) is 31.2 Å². The number of carbonyl (C=O) groups is 2. The molecular weight excluding hydrogens is 425 g/mol. The van der Waals surface area contributed by atoms with Crippen molar-refractivity contribution in [3.05, 3.63) is 63.9 Å². The Hall–Kier alpha value is -2.41. The topological polar surface area (TPSA) is 61.4 Å². The number of benzene rings is 2. The van der Waals surface area contributed by atoms with Gasteiger partial charge in [-0.15, -0.1) is 0 Å². The van der Waals surface area contributed by atoms with Crippen molar-refractivity contribution in [3.63, 3.8) is 0 Å². The van der Waals surface area contributed by atoms with Crippen LogP contribution in [0.1, 0.15) is 24.0 Å². The largest absolute Gasteiger partial charge is 0.352 e. The van der Waals surface area contributed by atoms with Crippen LogP contribution in [0.15, 0.2) is 46.9 Å². The van der Waals surface area contributed by atoms with E-state index in [-0.39, 0.29) is 30.2 Å². The third kappa shape index (κ3) is 5.32. The molecule has 3 amide bonds. The molecule has 0 unspecified atom stereocenters. The van der Waals surface area contributed by atoms with Gasteiger partial charge in [0.2, 0.25) is 5.91 Å². The Morgan fingerprint density at radius 3 is 2.61 bits per heavy atom. The van der Waals surface area contributed by atoms with Crippen molar-refractivity contribution < 1.29 is 14.0 Å². The van der Waals surface area contributed by atoms with Crippen molar-refractivity contribution in [1.29, 1.82) is 0 Å². The zero-order valence-corrected chi connectivity index (χ0v) is 17.3. The van der Waals surface area contributed by atoms with Crippen molar-refractivity contribution >= 4 is 33.6 Å². The highest BCUT2D eigenvalue weighted by molar-refractivity contribution is 9.10. The van der Waals surface area contributed by atoms with Crippen LogP contribution in [0.25, 0.3) is 0 Å². The molecule has 1 aliphatic rings. The fraction of sp³-hybridized carbons (Fsp3) is 0.333. The van der Waals surface area contributed by atoms with Gasteiger partial charge in [0.1, 0.15) is 5.82 Å². The van der Waals surface area contributed by atoms with Gasteiger partial charge in [-0.1, -0.05) is 18.2 Å². The van der Waals surface area contributed by atoms with E-state index < -0.39 is 0 Å². The number of aryl methyl sites for hydroxylation is 1. The lowest BCUT2D eigenvalue weighted by molar-refractivity contribution is -0.126. The Kier molecular flexibility index (Phi) is 6.67. The van der Waals surface area contributed by atoms with Crippen LogP contribution >= 0.6 is 15.9 Å². The lowest BCUT2D eigenvalue weighted by atomic mass is 9.96. The minimum Gasteiger partial charge on any atom is -0.352 e. The molecule has 2 aromatic carbocycles. The number of halogens is 2. The fourth-order valence-corrected chi connectivity index (χ4v) is 3.50. The van der Waals surface area contributed by atoms with Gasteiger partial charge in [-0.3, -0.25) is 4.79 Å². The zero-order valence-electron chi connectivity index (χ0n) is 15.7. The van der Waals surface area contributed by atoms with Crippen molar-refractivity contribution in [2.75, 3.05) is 18.4 Å². The number of nitrogens with one attached hydrogen (secondary N) is 2. The Morgan fingerprint density at radius 2 is 1.93 bits per heavy atom. The Bertz CT molecular complexity index is 866. The maximum Gasteiger partial charge on any atom is 0.321 e. The second kappa shape index (κ2) is 9.19. The first-order chi connectivity index (χ1) is 13.4. The van der Waals surface area contributed by atoms with Crippen molar-refractivity contribution in [2.45, 2.75) is 26.3 Å². The lowest BCUT2D eigenvalue weighted by Gasteiger charge is -2.31. The smallest absolute Gasteiger partial charge is 0.321 e. The molecule has 5 nitrogen and oxygen atoms in total. The minimum atomic E-state index is -0.348. The van der Waals surface area contributed by atoms with Gasteiger partial charge < -0.3 is 15.5 Å². The van der Waals surface area contributed by atoms with Crippen LogP contribution in [0.4, 0.5) is 14.9 Å². The molecule has 1 heterocycles. The SMILES string of the molecule is Cc1cccc(NC(=O)N2CCC(C(=O)NCc3ccc(Br)c(F)c3)CC2)c1. The van der Waals surface area contributed by atoms with Gasteiger partial charge in [-0.25, -0.2) is 9.18 Å². The average molecular weight is 448 g/mol. The molecular formula is C21H23BrFN3O2. The minimum absolute atomic E-state index is 0.0536. The lowest BCUT2D eigenvalue weighted by Crippen LogP contribution is -2.44. The van der Waals surface area contributed by atoms with Crippen LogP contribution in [0, 0.1) is 18.7 Å². The molecule has 3 rings (SSSR count). The Morgan fingerprint density at radius 1 is 1.18 bits per heavy atom. The van der Waals surface area contributed by atoms with Gasteiger partial charge in [0.05, 0.1) is 4.47 Å². The van der Waals surface area contributed by atoms with E-state index in [9.17, 15) is 14.0 Å². The number of anilines is 1. The number of urea groups is 1. The molecule has 2 N–H and O–H groups in total. The van der Waals surface area contributed by atoms with E-state index in [1.54, 1.807) is 17.0 Å². The maximum atomic E-state index is 13.6. The second-order valence-electron chi connectivity index (χ2n) is 7.03. The summed E-state index contributed by atoms with van der Waals surface area (Å²) >= 11 is 3.11. The first kappa shape index (κ1) is 20.3. The predicted molar refractivity (Wildman–Crippen MR) is 110 cm³/mol. The molecule has 0 aliphatic carbocycles. The molecule has 0 saturated carbocycles. The molecule has 0 bridgehead atoms. The number of hydrogen-bond donors (Lipinski definition) is 2. The summed E-state index contributed by atoms with van der Waals surface area (Å²) in [6, 6.07) is 12.3. The summed E-state index contributed by atoms with van der Waals surface area (Å²) in [6.07, 6.45) is 1.23. The summed E-state index contributed by atoms with van der Waals surface area (Å²) in [4.78, 5) is 26.5. The quantitative estimate of drug-likeness (QED) is 0.726. The molecule has 2 aromatic rings. The summed E-state index contributed by atoms with van der Waals surface area (Å²) in [7, 11) is 0. The number of carbonyl (C=O) groups excluding carboxylic acids is 2. The molecule has 28 heavy (non-hydrogen) atoms. The molecule has 7 heteroatoms. The Balaban J connectivity index is 1.45. The first-order valence-corrected chi connectivity index (χ1v) is 10.1. The summed E-state index contributed by atoms with van der Waals surface area (Å²) < 4.78 is 14.0. The van der Waals surface area contributed by atoms with E-state index in [1.165, 1.54) is 6.07 Å². The number of likely N-dealkylation sites (tertiary alicyclic amines) is 1. The summed E-state index contributed by atoms with van der Waals surface area (Å²) in [5.74, 6) is -0.537. The molecule has 1 aliphatic heterocycles. The van der Waals surface area contributed by atoms with Crippen LogP contribution in [-0.2, 0) is 11.3 Å². The van der Waals surface area contributed by atoms with Crippen molar-refractivity contribution in [1.82, 2.24) is 10.2 Å². The molecule has 0 atom stereocenters. The number of hydrogen-bond acceptors (Lipinski definition) is 2. The van der Waals surface area contributed by atoms with Crippen LogP contribution in [0.3, 0.4) is 0 Å². The van der Waals surface area contributed by atoms with E-state index in [0.717, 1.165) is 11.3 Å². The van der Waals surface area contributed by atoms with E-state index in [0.29, 0.717) is 36.0 Å². The van der Waals surface area contributed by atoms with Gasteiger partial charge in [-0.05, 0) is 71.1 Å². The van der Waals surface area contributed by atoms with E-state index in [4.69, 9.17) is 0 Å². The summed E-state index contributed by atoms with van der Waals surface area (Å²) in [5.41, 5.74) is 2.56. The zero-order chi connectivity index (χ0) is 20.1. The number of piperidine rings is 1. The predicted octanol–water partition coefficient (Wildman–Crippen LogP) is 4.46. The van der Waals surface area contributed by atoms with Gasteiger partial charge >= 0.3 is 6.03 Å². The second-order valence-corrected chi connectivity index (χ2v) is 7.88. The fourth-order valence-electron chi connectivity index (χ4n) is 3.25. The molecule has 1 saturated heterocycles. The normalized spacial score (nSPS) is 14.6. The van der Waals surface area contributed by atoms with Gasteiger partial charge in [0, 0.05) is 31.2 Å². The van der Waals surface area contributed by atoms with E-state index >= 15 is 0 Å². The standard InChI is InChI=1S/C21H23BrFN3O2/c1-14-3-2-4-17(11-14)25-21(28)26-9-7-16(8-10-26)20(27)24-13-15-5-6-18(22)19(23)12-15/h2-6,11-12,16H,7-10,13H2,1H3,(H,24,27)(H,25,28). The summed E-state index contributed by atoms with van der Waals surface area (Å²) in [6.45, 7) is 3.32. The molecule has 0 aromatic heterocycles. The van der Waals surface area contributed by atoms with Crippen LogP contribution in [-0.4, -0.2) is 29.9 Å². The van der Waals surface area contributed by atoms with E-state index in [2.05, 4.69) is 26.6 Å². The molecule has 0 radical (unpaired) electrons. The third-order valence-electron chi connectivity index (χ3n) is 4.87. The highest BCUT2D eigenvalue weighted by Crippen LogP contribution is 2.20. The van der Waals surface area contributed by atoms with Gasteiger partial charge in [0.25, 0.3) is 0 Å². The first-order valence-electron chi connectivity index (χ1n) is 9.26. The summed E-state index contributed by atoms with van der Waals surface area (Å²) in [5, 5.41) is 5.77. The maximum absolute atomic E-state index is 13.6. The van der Waals surface area contributed by atoms with Crippen LogP contribution in [0.5, 0.6) is 0 Å². The average Bonchev–Trinajstić information content (AvgIpc) is 2.69. The van der Waals surface area contributed by atoms with Crippen LogP contribution < -0.4 is 10.6 Å². The van der Waals surface area contributed by atoms with Crippen LogP contribution in [0.2, 0.25) is 0 Å². The van der Waals surface area contributed by atoms with Crippen molar-refractivity contribution in [3.8, 4) is 0 Å². The highest BCUT2D eigenvalue weighted by Gasteiger charge is 2.27. The Labute approximate surface area is 172 Å². The molecule has 1 fully saturated rings.